The van der Waals surface area contributed by atoms with E-state index in [1.165, 1.54) is 23.1 Å². The van der Waals surface area contributed by atoms with Crippen LogP contribution in [0.2, 0.25) is 0 Å². The van der Waals surface area contributed by atoms with E-state index in [4.69, 9.17) is 4.74 Å². The molecule has 0 bridgehead atoms. The molecule has 0 saturated heterocycles. The first-order valence-electron chi connectivity index (χ1n) is 6.20. The maximum Gasteiger partial charge on any atom is 0.358 e. The van der Waals surface area contributed by atoms with E-state index < -0.39 is 5.97 Å². The lowest BCUT2D eigenvalue weighted by Crippen LogP contribution is -2.09. The van der Waals surface area contributed by atoms with Gasteiger partial charge >= 0.3 is 5.97 Å². The molecule has 6 heteroatoms. The molecule has 2 aromatic heterocycles. The van der Waals surface area contributed by atoms with Crippen molar-refractivity contribution < 1.29 is 14.3 Å². The third-order valence-electron chi connectivity index (χ3n) is 2.69. The predicted molar refractivity (Wildman–Crippen MR) is 80.9 cm³/mol. The summed E-state index contributed by atoms with van der Waals surface area (Å²) in [5.41, 5.74) is 1.11. The van der Waals surface area contributed by atoms with E-state index in [2.05, 4.69) is 4.98 Å². The Morgan fingerprint density at radius 1 is 1.30 bits per heavy atom. The van der Waals surface area contributed by atoms with Crippen LogP contribution in [0.3, 0.4) is 0 Å². The van der Waals surface area contributed by atoms with Crippen LogP contribution >= 0.6 is 22.7 Å². The summed E-state index contributed by atoms with van der Waals surface area (Å²) >= 11 is 2.92. The van der Waals surface area contributed by atoms with Crippen LogP contribution in [0.4, 0.5) is 0 Å². The number of thiazole rings is 1. The van der Waals surface area contributed by atoms with Crippen molar-refractivity contribution in [3.8, 4) is 10.6 Å². The normalized spacial score (nSPS) is 10.6. The Hall–Kier alpha value is -1.53. The number of aromatic nitrogens is 1. The fourth-order valence-electron chi connectivity index (χ4n) is 1.85. The van der Waals surface area contributed by atoms with Gasteiger partial charge in [-0.3, -0.25) is 4.79 Å². The summed E-state index contributed by atoms with van der Waals surface area (Å²) in [5.74, 6) is -0.703. The van der Waals surface area contributed by atoms with E-state index in [-0.39, 0.29) is 18.1 Å². The second-order valence-electron chi connectivity index (χ2n) is 4.30. The molecule has 0 aromatic carbocycles. The number of ketones is 1. The first-order chi connectivity index (χ1) is 9.43. The van der Waals surface area contributed by atoms with E-state index in [9.17, 15) is 9.59 Å². The molecule has 4 nitrogen and oxygen atoms in total. The predicted octanol–water partition coefficient (Wildman–Crippen LogP) is 3.87. The fraction of sp³-hybridized carbons (Fsp3) is 0.357. The number of rotatable bonds is 4. The molecule has 0 N–H and O–H groups in total. The van der Waals surface area contributed by atoms with Crippen LogP contribution in [-0.2, 0) is 4.74 Å². The van der Waals surface area contributed by atoms with Crippen molar-refractivity contribution in [3.05, 3.63) is 26.4 Å². The zero-order valence-corrected chi connectivity index (χ0v) is 13.4. The van der Waals surface area contributed by atoms with Gasteiger partial charge < -0.3 is 4.74 Å². The zero-order valence-electron chi connectivity index (χ0n) is 11.8. The second-order valence-corrected chi connectivity index (χ2v) is 6.76. The van der Waals surface area contributed by atoms with E-state index >= 15 is 0 Å². The van der Waals surface area contributed by atoms with Gasteiger partial charge in [0.15, 0.2) is 11.5 Å². The van der Waals surface area contributed by atoms with Crippen LogP contribution < -0.4 is 0 Å². The summed E-state index contributed by atoms with van der Waals surface area (Å²) in [4.78, 5) is 30.5. The molecule has 0 aliphatic carbocycles. The van der Waals surface area contributed by atoms with E-state index in [1.807, 2.05) is 19.9 Å². The van der Waals surface area contributed by atoms with Gasteiger partial charge in [-0.2, -0.15) is 0 Å². The molecule has 0 aliphatic rings. The average Bonchev–Trinajstić information content (AvgIpc) is 2.93. The molecular formula is C14H15NO3S2. The molecule has 2 heterocycles. The molecule has 0 spiro atoms. The largest absolute Gasteiger partial charge is 0.461 e. The topological polar surface area (TPSA) is 56.3 Å². The minimum atomic E-state index is -0.537. The third-order valence-corrected chi connectivity index (χ3v) is 4.84. The summed E-state index contributed by atoms with van der Waals surface area (Å²) in [6, 6.07) is 2.03. The number of thiophene rings is 1. The molecular weight excluding hydrogens is 294 g/mol. The van der Waals surface area contributed by atoms with Crippen molar-refractivity contribution in [1.29, 1.82) is 0 Å². The number of hydrogen-bond donors (Lipinski definition) is 0. The quantitative estimate of drug-likeness (QED) is 0.635. The molecule has 0 radical (unpaired) electrons. The van der Waals surface area contributed by atoms with Crippen molar-refractivity contribution in [2.75, 3.05) is 6.61 Å². The Morgan fingerprint density at radius 2 is 2.00 bits per heavy atom. The summed E-state index contributed by atoms with van der Waals surface area (Å²) < 4.78 is 4.96. The summed E-state index contributed by atoms with van der Waals surface area (Å²) in [6.07, 6.45) is 0. The standard InChI is InChI=1S/C14H15NO3S2/c1-5-18-14(17)11-12(8(3)16)20-13(15-11)10-6-7(2)19-9(10)4/h6H,5H2,1-4H3. The highest BCUT2D eigenvalue weighted by atomic mass is 32.1. The molecule has 0 atom stereocenters. The van der Waals surface area contributed by atoms with Crippen LogP contribution in [-0.4, -0.2) is 23.3 Å². The number of nitrogens with zero attached hydrogens (tertiary/aromatic N) is 1. The van der Waals surface area contributed by atoms with Crippen molar-refractivity contribution in [3.63, 3.8) is 0 Å². The summed E-state index contributed by atoms with van der Waals surface area (Å²) in [5, 5.41) is 0.695. The average molecular weight is 309 g/mol. The highest BCUT2D eigenvalue weighted by Crippen LogP contribution is 2.35. The van der Waals surface area contributed by atoms with Gasteiger partial charge in [-0.15, -0.1) is 22.7 Å². The van der Waals surface area contributed by atoms with Gasteiger partial charge in [-0.05, 0) is 26.8 Å². The van der Waals surface area contributed by atoms with Crippen molar-refractivity contribution in [2.24, 2.45) is 0 Å². The van der Waals surface area contributed by atoms with Crippen molar-refractivity contribution in [1.82, 2.24) is 4.98 Å². The van der Waals surface area contributed by atoms with E-state index in [0.29, 0.717) is 9.88 Å². The monoisotopic (exact) mass is 309 g/mol. The van der Waals surface area contributed by atoms with Gasteiger partial charge in [0.25, 0.3) is 0 Å². The Kier molecular flexibility index (Phi) is 4.35. The Morgan fingerprint density at radius 3 is 2.50 bits per heavy atom. The number of aryl methyl sites for hydroxylation is 2. The number of ether oxygens (including phenoxy) is 1. The van der Waals surface area contributed by atoms with Crippen LogP contribution in [0.5, 0.6) is 0 Å². The second kappa shape index (κ2) is 5.85. The maximum atomic E-state index is 11.9. The van der Waals surface area contributed by atoms with Gasteiger partial charge in [0.05, 0.1) is 6.61 Å². The molecule has 0 amide bonds. The van der Waals surface area contributed by atoms with Crippen LogP contribution in [0, 0.1) is 13.8 Å². The van der Waals surface area contributed by atoms with Gasteiger partial charge in [-0.1, -0.05) is 0 Å². The Bertz CT molecular complexity index is 670. The number of carbonyl (C=O) groups is 2. The molecule has 0 saturated carbocycles. The minimum Gasteiger partial charge on any atom is -0.461 e. The first kappa shape index (κ1) is 14.9. The van der Waals surface area contributed by atoms with Gasteiger partial charge in [0.1, 0.15) is 9.88 Å². The Balaban J connectivity index is 2.52. The van der Waals surface area contributed by atoms with Crippen molar-refractivity contribution in [2.45, 2.75) is 27.7 Å². The maximum absolute atomic E-state index is 11.9. The number of Topliss-reactive ketones (excluding diaryl/α,β-unsaturated/α-hetero) is 1. The molecule has 106 valence electrons. The first-order valence-corrected chi connectivity index (χ1v) is 7.83. The van der Waals surface area contributed by atoms with Crippen LogP contribution in [0.1, 0.15) is 43.8 Å². The van der Waals surface area contributed by atoms with Gasteiger partial charge in [0, 0.05) is 22.2 Å². The minimum absolute atomic E-state index is 0.127. The molecule has 2 rings (SSSR count). The van der Waals surface area contributed by atoms with Crippen LogP contribution in [0.25, 0.3) is 10.6 Å². The van der Waals surface area contributed by atoms with Crippen LogP contribution in [0.15, 0.2) is 6.07 Å². The highest BCUT2D eigenvalue weighted by Gasteiger charge is 2.23. The molecule has 20 heavy (non-hydrogen) atoms. The lowest BCUT2D eigenvalue weighted by atomic mass is 10.2. The van der Waals surface area contributed by atoms with Gasteiger partial charge in [-0.25, -0.2) is 9.78 Å². The number of esters is 1. The number of carbonyl (C=O) groups excluding carboxylic acids is 2. The summed E-state index contributed by atoms with van der Waals surface area (Å²) in [6.45, 7) is 7.45. The van der Waals surface area contributed by atoms with E-state index in [1.54, 1.807) is 18.3 Å². The lowest BCUT2D eigenvalue weighted by molar-refractivity contribution is 0.0517. The fourth-order valence-corrected chi connectivity index (χ4v) is 3.87. The highest BCUT2D eigenvalue weighted by molar-refractivity contribution is 7.18. The molecule has 0 aliphatic heterocycles. The summed E-state index contributed by atoms with van der Waals surface area (Å²) in [7, 11) is 0. The lowest BCUT2D eigenvalue weighted by Gasteiger charge is -1.98. The third kappa shape index (κ3) is 2.81. The van der Waals surface area contributed by atoms with Crippen molar-refractivity contribution >= 4 is 34.4 Å². The van der Waals surface area contributed by atoms with E-state index in [0.717, 1.165) is 10.4 Å². The Labute approximate surface area is 125 Å². The molecule has 2 aromatic rings. The smallest absolute Gasteiger partial charge is 0.358 e. The molecule has 0 unspecified atom stereocenters. The number of hydrogen-bond acceptors (Lipinski definition) is 6. The zero-order chi connectivity index (χ0) is 14.9. The molecule has 0 fully saturated rings. The SMILES string of the molecule is CCOC(=O)c1nc(-c2cc(C)sc2C)sc1C(C)=O. The van der Waals surface area contributed by atoms with Gasteiger partial charge in [0.2, 0.25) is 0 Å².